The third-order valence-corrected chi connectivity index (χ3v) is 5.04. The van der Waals surface area contributed by atoms with Crippen molar-refractivity contribution in [2.75, 3.05) is 19.8 Å². The number of hydrogen-bond acceptors (Lipinski definition) is 4. The SMILES string of the molecule is C=C1C=C(CS(=O)(=O)c2ccc(Cl)cc2)N(C)N1C. The van der Waals surface area contributed by atoms with Crippen LogP contribution in [0, 0.1) is 0 Å². The van der Waals surface area contributed by atoms with Crippen molar-refractivity contribution in [1.82, 2.24) is 10.0 Å². The Morgan fingerprint density at radius 3 is 2.21 bits per heavy atom. The lowest BCUT2D eigenvalue weighted by Crippen LogP contribution is -2.31. The number of allylic oxidation sites excluding steroid dienone is 1. The fraction of sp³-hybridized carbons (Fsp3) is 0.231. The van der Waals surface area contributed by atoms with Gasteiger partial charge in [-0.15, -0.1) is 0 Å². The van der Waals surface area contributed by atoms with Gasteiger partial charge in [-0.05, 0) is 30.3 Å². The molecule has 102 valence electrons. The van der Waals surface area contributed by atoms with Crippen molar-refractivity contribution in [3.8, 4) is 0 Å². The maximum absolute atomic E-state index is 12.3. The molecule has 1 aliphatic rings. The topological polar surface area (TPSA) is 40.6 Å². The van der Waals surface area contributed by atoms with Crippen molar-refractivity contribution < 1.29 is 8.42 Å². The van der Waals surface area contributed by atoms with Gasteiger partial charge in [-0.2, -0.15) is 0 Å². The van der Waals surface area contributed by atoms with Gasteiger partial charge in [0.05, 0.1) is 22.0 Å². The molecule has 0 bridgehead atoms. The standard InChI is InChI=1S/C13H15ClN2O2S/c1-10-8-12(16(3)15(10)2)9-19(17,18)13-6-4-11(14)5-7-13/h4-8H,1,9H2,2-3H3. The van der Waals surface area contributed by atoms with E-state index in [1.165, 1.54) is 12.1 Å². The van der Waals surface area contributed by atoms with Gasteiger partial charge in [0.1, 0.15) is 0 Å². The summed E-state index contributed by atoms with van der Waals surface area (Å²) in [5.41, 5.74) is 1.46. The van der Waals surface area contributed by atoms with Crippen LogP contribution in [-0.2, 0) is 9.84 Å². The van der Waals surface area contributed by atoms with Crippen LogP contribution in [0.5, 0.6) is 0 Å². The quantitative estimate of drug-likeness (QED) is 0.858. The van der Waals surface area contributed by atoms with Crippen molar-refractivity contribution in [2.24, 2.45) is 0 Å². The van der Waals surface area contributed by atoms with E-state index in [4.69, 9.17) is 11.6 Å². The first-order chi connectivity index (χ1) is 8.81. The minimum Gasteiger partial charge on any atom is -0.292 e. The molecular formula is C13H15ClN2O2S. The van der Waals surface area contributed by atoms with Gasteiger partial charge in [-0.25, -0.2) is 8.42 Å². The maximum atomic E-state index is 12.3. The molecule has 0 aliphatic carbocycles. The van der Waals surface area contributed by atoms with Gasteiger partial charge in [0.2, 0.25) is 0 Å². The Balaban J connectivity index is 2.26. The van der Waals surface area contributed by atoms with E-state index in [9.17, 15) is 8.42 Å². The first kappa shape index (κ1) is 14.0. The van der Waals surface area contributed by atoms with Crippen LogP contribution in [0.25, 0.3) is 0 Å². The Kier molecular flexibility index (Phi) is 3.60. The van der Waals surface area contributed by atoms with Crippen LogP contribution >= 0.6 is 11.6 Å². The Hall–Kier alpha value is -1.46. The molecule has 0 fully saturated rings. The van der Waals surface area contributed by atoms with Crippen LogP contribution in [0.2, 0.25) is 5.02 Å². The Morgan fingerprint density at radius 2 is 1.74 bits per heavy atom. The van der Waals surface area contributed by atoms with E-state index < -0.39 is 9.84 Å². The number of hydrazine groups is 1. The predicted octanol–water partition coefficient (Wildman–Crippen LogP) is 2.30. The lowest BCUT2D eigenvalue weighted by molar-refractivity contribution is 0.134. The van der Waals surface area contributed by atoms with Gasteiger partial charge >= 0.3 is 0 Å². The Bertz CT molecular complexity index is 635. The first-order valence-corrected chi connectivity index (χ1v) is 7.69. The highest BCUT2D eigenvalue weighted by Gasteiger charge is 2.25. The van der Waals surface area contributed by atoms with Crippen LogP contribution in [-0.4, -0.2) is 38.3 Å². The number of benzene rings is 1. The molecule has 0 saturated heterocycles. The molecule has 6 heteroatoms. The average molecular weight is 299 g/mol. The maximum Gasteiger partial charge on any atom is 0.184 e. The number of halogens is 1. The second-order valence-electron chi connectivity index (χ2n) is 4.39. The minimum atomic E-state index is -3.38. The molecular weight excluding hydrogens is 284 g/mol. The number of hydrogen-bond donors (Lipinski definition) is 0. The summed E-state index contributed by atoms with van der Waals surface area (Å²) in [4.78, 5) is 0.270. The molecule has 0 spiro atoms. The summed E-state index contributed by atoms with van der Waals surface area (Å²) >= 11 is 5.76. The molecule has 2 rings (SSSR count). The number of rotatable bonds is 3. The number of sulfone groups is 1. The summed E-state index contributed by atoms with van der Waals surface area (Å²) in [7, 11) is 0.264. The third-order valence-electron chi connectivity index (χ3n) is 3.13. The zero-order valence-electron chi connectivity index (χ0n) is 10.8. The normalized spacial score (nSPS) is 15.9. The molecule has 19 heavy (non-hydrogen) atoms. The molecule has 1 aliphatic heterocycles. The van der Waals surface area contributed by atoms with E-state index in [0.29, 0.717) is 10.7 Å². The average Bonchev–Trinajstić information content (AvgIpc) is 2.57. The highest BCUT2D eigenvalue weighted by molar-refractivity contribution is 7.91. The zero-order valence-corrected chi connectivity index (χ0v) is 12.4. The summed E-state index contributed by atoms with van der Waals surface area (Å²) in [6.07, 6.45) is 1.77. The predicted molar refractivity (Wildman–Crippen MR) is 76.3 cm³/mol. The summed E-state index contributed by atoms with van der Waals surface area (Å²) in [6, 6.07) is 6.19. The lowest BCUT2D eigenvalue weighted by atomic mass is 10.4. The van der Waals surface area contributed by atoms with Crippen molar-refractivity contribution in [3.63, 3.8) is 0 Å². The monoisotopic (exact) mass is 298 g/mol. The van der Waals surface area contributed by atoms with E-state index in [1.54, 1.807) is 35.3 Å². The van der Waals surface area contributed by atoms with E-state index in [-0.39, 0.29) is 10.6 Å². The summed E-state index contributed by atoms with van der Waals surface area (Å²) in [5, 5.41) is 4.09. The largest absolute Gasteiger partial charge is 0.292 e. The van der Waals surface area contributed by atoms with Gasteiger partial charge in [-0.1, -0.05) is 18.2 Å². The highest BCUT2D eigenvalue weighted by Crippen LogP contribution is 2.24. The molecule has 1 aromatic rings. The van der Waals surface area contributed by atoms with E-state index in [0.717, 1.165) is 5.70 Å². The smallest absolute Gasteiger partial charge is 0.184 e. The number of likely N-dealkylation sites (N-methyl/N-ethyl adjacent to an activating group) is 1. The second-order valence-corrected chi connectivity index (χ2v) is 6.81. The first-order valence-electron chi connectivity index (χ1n) is 5.66. The third kappa shape index (κ3) is 2.77. The van der Waals surface area contributed by atoms with E-state index in [1.807, 2.05) is 7.05 Å². The molecule has 1 heterocycles. The molecule has 0 atom stereocenters. The Labute approximate surface area is 118 Å². The fourth-order valence-corrected chi connectivity index (χ4v) is 3.32. The minimum absolute atomic E-state index is 0.0610. The van der Waals surface area contributed by atoms with E-state index >= 15 is 0 Å². The summed E-state index contributed by atoms with van der Waals surface area (Å²) in [5.74, 6) is -0.0610. The fourth-order valence-electron chi connectivity index (χ4n) is 1.82. The lowest BCUT2D eigenvalue weighted by Gasteiger charge is -2.26. The van der Waals surface area contributed by atoms with Crippen LogP contribution < -0.4 is 0 Å². The summed E-state index contributed by atoms with van der Waals surface area (Å²) in [6.45, 7) is 3.85. The van der Waals surface area contributed by atoms with Gasteiger partial charge < -0.3 is 0 Å². The molecule has 0 N–H and O–H groups in total. The highest BCUT2D eigenvalue weighted by atomic mass is 35.5. The van der Waals surface area contributed by atoms with Gasteiger partial charge in [-0.3, -0.25) is 10.0 Å². The van der Waals surface area contributed by atoms with Gasteiger partial charge in [0.25, 0.3) is 0 Å². The van der Waals surface area contributed by atoms with Gasteiger partial charge in [0.15, 0.2) is 9.84 Å². The van der Waals surface area contributed by atoms with Gasteiger partial charge in [0, 0.05) is 19.1 Å². The van der Waals surface area contributed by atoms with Crippen LogP contribution in [0.4, 0.5) is 0 Å². The van der Waals surface area contributed by atoms with E-state index in [2.05, 4.69) is 6.58 Å². The molecule has 4 nitrogen and oxygen atoms in total. The second kappa shape index (κ2) is 4.90. The van der Waals surface area contributed by atoms with Crippen molar-refractivity contribution in [3.05, 3.63) is 53.3 Å². The molecule has 0 aromatic heterocycles. The van der Waals surface area contributed by atoms with Crippen LogP contribution in [0.15, 0.2) is 53.2 Å². The van der Waals surface area contributed by atoms with Crippen LogP contribution in [0.3, 0.4) is 0 Å². The molecule has 0 radical (unpaired) electrons. The molecule has 0 unspecified atom stereocenters. The van der Waals surface area contributed by atoms with Crippen LogP contribution in [0.1, 0.15) is 0 Å². The summed E-state index contributed by atoms with van der Waals surface area (Å²) < 4.78 is 24.6. The Morgan fingerprint density at radius 1 is 1.16 bits per heavy atom. The molecule has 1 aromatic carbocycles. The van der Waals surface area contributed by atoms with Crippen molar-refractivity contribution in [2.45, 2.75) is 4.90 Å². The number of nitrogens with zero attached hydrogens (tertiary/aromatic N) is 2. The van der Waals surface area contributed by atoms with Crippen molar-refractivity contribution >= 4 is 21.4 Å². The molecule has 0 amide bonds. The molecule has 0 saturated carbocycles. The van der Waals surface area contributed by atoms with Crippen molar-refractivity contribution in [1.29, 1.82) is 0 Å². The zero-order chi connectivity index (χ0) is 14.2.